The highest BCUT2D eigenvalue weighted by atomic mass is 16.5. The van der Waals surface area contributed by atoms with Crippen LogP contribution in [0, 0.1) is 13.8 Å². The van der Waals surface area contributed by atoms with Gasteiger partial charge in [-0.25, -0.2) is 15.4 Å². The fourth-order valence-corrected chi connectivity index (χ4v) is 2.19. The standard InChI is InChI=1S/C14H19N5O/c1-9-8-18-11(10(2)13(9)20-3)7-12(19-15)14-16-5-4-6-17-14/h4-6,8,12,19H,7,15H2,1-3H3. The van der Waals surface area contributed by atoms with E-state index in [1.807, 2.05) is 13.8 Å². The van der Waals surface area contributed by atoms with Gasteiger partial charge in [0.15, 0.2) is 0 Å². The Balaban J connectivity index is 2.29. The number of nitrogens with one attached hydrogen (secondary N) is 1. The lowest BCUT2D eigenvalue weighted by Crippen LogP contribution is -2.31. The Morgan fingerprint density at radius 1 is 1.25 bits per heavy atom. The van der Waals surface area contributed by atoms with Crippen LogP contribution < -0.4 is 16.0 Å². The third-order valence-electron chi connectivity index (χ3n) is 3.25. The zero-order valence-corrected chi connectivity index (χ0v) is 11.9. The molecular formula is C14H19N5O. The second kappa shape index (κ2) is 6.40. The van der Waals surface area contributed by atoms with Crippen molar-refractivity contribution in [2.24, 2.45) is 5.84 Å². The molecule has 2 heterocycles. The molecule has 0 aromatic carbocycles. The maximum atomic E-state index is 5.61. The quantitative estimate of drug-likeness (QED) is 0.630. The van der Waals surface area contributed by atoms with Crippen LogP contribution in [0.25, 0.3) is 0 Å². The van der Waals surface area contributed by atoms with Crippen molar-refractivity contribution in [3.05, 3.63) is 47.3 Å². The Morgan fingerprint density at radius 2 is 1.95 bits per heavy atom. The van der Waals surface area contributed by atoms with Gasteiger partial charge in [-0.15, -0.1) is 0 Å². The van der Waals surface area contributed by atoms with E-state index in [4.69, 9.17) is 10.6 Å². The zero-order chi connectivity index (χ0) is 14.5. The summed E-state index contributed by atoms with van der Waals surface area (Å²) in [6.45, 7) is 3.97. The summed E-state index contributed by atoms with van der Waals surface area (Å²) in [5.74, 6) is 7.12. The minimum atomic E-state index is -0.185. The Kier molecular flexibility index (Phi) is 4.60. The molecule has 0 bridgehead atoms. The number of rotatable bonds is 5. The van der Waals surface area contributed by atoms with Gasteiger partial charge in [0.1, 0.15) is 11.6 Å². The molecular weight excluding hydrogens is 254 g/mol. The molecule has 0 radical (unpaired) electrons. The van der Waals surface area contributed by atoms with Crippen LogP contribution in [-0.2, 0) is 6.42 Å². The highest BCUT2D eigenvalue weighted by Gasteiger charge is 2.17. The molecule has 0 aliphatic carbocycles. The van der Waals surface area contributed by atoms with Crippen LogP contribution in [0.15, 0.2) is 24.7 Å². The van der Waals surface area contributed by atoms with Gasteiger partial charge in [-0.05, 0) is 19.9 Å². The van der Waals surface area contributed by atoms with Crippen LogP contribution in [0.3, 0.4) is 0 Å². The highest BCUT2D eigenvalue weighted by Crippen LogP contribution is 2.26. The first-order valence-electron chi connectivity index (χ1n) is 6.39. The van der Waals surface area contributed by atoms with Crippen molar-refractivity contribution in [3.63, 3.8) is 0 Å². The summed E-state index contributed by atoms with van der Waals surface area (Å²) >= 11 is 0. The first-order chi connectivity index (χ1) is 9.67. The van der Waals surface area contributed by atoms with Crippen LogP contribution >= 0.6 is 0 Å². The van der Waals surface area contributed by atoms with Crippen molar-refractivity contribution < 1.29 is 4.74 Å². The van der Waals surface area contributed by atoms with Gasteiger partial charge in [0, 0.05) is 41.8 Å². The van der Waals surface area contributed by atoms with Gasteiger partial charge in [0.2, 0.25) is 0 Å². The van der Waals surface area contributed by atoms with E-state index in [9.17, 15) is 0 Å². The van der Waals surface area contributed by atoms with Crippen molar-refractivity contribution >= 4 is 0 Å². The third kappa shape index (κ3) is 2.92. The lowest BCUT2D eigenvalue weighted by molar-refractivity contribution is 0.405. The van der Waals surface area contributed by atoms with Crippen molar-refractivity contribution in [2.45, 2.75) is 26.3 Å². The fraction of sp³-hybridized carbons (Fsp3) is 0.357. The van der Waals surface area contributed by atoms with Crippen molar-refractivity contribution in [1.82, 2.24) is 20.4 Å². The molecule has 2 aromatic rings. The molecule has 1 atom stereocenters. The third-order valence-corrected chi connectivity index (χ3v) is 3.25. The van der Waals surface area contributed by atoms with Gasteiger partial charge in [-0.2, -0.15) is 0 Å². The van der Waals surface area contributed by atoms with Crippen LogP contribution in [-0.4, -0.2) is 22.1 Å². The van der Waals surface area contributed by atoms with Crippen molar-refractivity contribution in [2.75, 3.05) is 7.11 Å². The summed E-state index contributed by atoms with van der Waals surface area (Å²) in [5.41, 5.74) is 5.69. The molecule has 0 fully saturated rings. The molecule has 1 unspecified atom stereocenters. The lowest BCUT2D eigenvalue weighted by Gasteiger charge is -2.17. The van der Waals surface area contributed by atoms with Gasteiger partial charge < -0.3 is 4.74 Å². The molecule has 106 valence electrons. The molecule has 0 aliphatic rings. The van der Waals surface area contributed by atoms with Crippen LogP contribution in [0.1, 0.15) is 28.7 Å². The summed E-state index contributed by atoms with van der Waals surface area (Å²) in [6.07, 6.45) is 5.80. The monoisotopic (exact) mass is 273 g/mol. The molecule has 0 aliphatic heterocycles. The first kappa shape index (κ1) is 14.4. The van der Waals surface area contributed by atoms with Gasteiger partial charge in [0.25, 0.3) is 0 Å². The summed E-state index contributed by atoms with van der Waals surface area (Å²) in [6, 6.07) is 1.59. The molecule has 20 heavy (non-hydrogen) atoms. The molecule has 6 nitrogen and oxygen atoms in total. The summed E-state index contributed by atoms with van der Waals surface area (Å²) in [5, 5.41) is 0. The predicted molar refractivity (Wildman–Crippen MR) is 76.1 cm³/mol. The van der Waals surface area contributed by atoms with Crippen LogP contribution in [0.2, 0.25) is 0 Å². The highest BCUT2D eigenvalue weighted by molar-refractivity contribution is 5.41. The maximum Gasteiger partial charge on any atom is 0.146 e. The summed E-state index contributed by atoms with van der Waals surface area (Å²) < 4.78 is 5.41. The SMILES string of the molecule is COc1c(C)cnc(CC(NN)c2ncccn2)c1C. The van der Waals surface area contributed by atoms with Gasteiger partial charge in [-0.3, -0.25) is 10.8 Å². The Hall–Kier alpha value is -2.05. The predicted octanol–water partition coefficient (Wildman–Crippen LogP) is 1.24. The number of hydrogen-bond acceptors (Lipinski definition) is 6. The molecule has 6 heteroatoms. The number of aryl methyl sites for hydroxylation is 1. The second-order valence-corrected chi connectivity index (χ2v) is 4.58. The van der Waals surface area contributed by atoms with E-state index in [0.717, 1.165) is 22.6 Å². The number of methoxy groups -OCH3 is 1. The van der Waals surface area contributed by atoms with Crippen LogP contribution in [0.4, 0.5) is 0 Å². The zero-order valence-electron chi connectivity index (χ0n) is 11.9. The Bertz CT molecular complexity index is 573. The lowest BCUT2D eigenvalue weighted by atomic mass is 10.0. The number of nitrogens with two attached hydrogens (primary N) is 1. The number of hydrogen-bond donors (Lipinski definition) is 2. The molecule has 0 spiro atoms. The number of aromatic nitrogens is 3. The minimum absolute atomic E-state index is 0.185. The minimum Gasteiger partial charge on any atom is -0.496 e. The molecule has 2 aromatic heterocycles. The van der Waals surface area contributed by atoms with Crippen LogP contribution in [0.5, 0.6) is 5.75 Å². The molecule has 0 amide bonds. The maximum absolute atomic E-state index is 5.61. The topological polar surface area (TPSA) is 86.0 Å². The average Bonchev–Trinajstić information content (AvgIpc) is 2.48. The molecule has 0 saturated carbocycles. The molecule has 0 saturated heterocycles. The average molecular weight is 273 g/mol. The number of ether oxygens (including phenoxy) is 1. The van der Waals surface area contributed by atoms with E-state index < -0.39 is 0 Å². The van der Waals surface area contributed by atoms with E-state index in [1.54, 1.807) is 31.8 Å². The van der Waals surface area contributed by atoms with E-state index in [1.165, 1.54) is 0 Å². The second-order valence-electron chi connectivity index (χ2n) is 4.58. The smallest absolute Gasteiger partial charge is 0.146 e. The normalized spacial score (nSPS) is 12.2. The van der Waals surface area contributed by atoms with E-state index in [0.29, 0.717) is 12.2 Å². The fourth-order valence-electron chi connectivity index (χ4n) is 2.19. The van der Waals surface area contributed by atoms with E-state index in [2.05, 4.69) is 20.4 Å². The Morgan fingerprint density at radius 3 is 2.55 bits per heavy atom. The molecule has 3 N–H and O–H groups in total. The molecule has 2 rings (SSSR count). The van der Waals surface area contributed by atoms with Gasteiger partial charge in [0.05, 0.1) is 13.2 Å². The van der Waals surface area contributed by atoms with Crippen molar-refractivity contribution in [1.29, 1.82) is 0 Å². The number of hydrazine groups is 1. The van der Waals surface area contributed by atoms with E-state index >= 15 is 0 Å². The summed E-state index contributed by atoms with van der Waals surface area (Å²) in [7, 11) is 1.66. The van der Waals surface area contributed by atoms with E-state index in [-0.39, 0.29) is 6.04 Å². The number of nitrogens with zero attached hydrogens (tertiary/aromatic N) is 3. The largest absolute Gasteiger partial charge is 0.496 e. The van der Waals surface area contributed by atoms with Gasteiger partial charge >= 0.3 is 0 Å². The number of pyridine rings is 1. The van der Waals surface area contributed by atoms with Crippen molar-refractivity contribution in [3.8, 4) is 5.75 Å². The summed E-state index contributed by atoms with van der Waals surface area (Å²) in [4.78, 5) is 12.9. The Labute approximate surface area is 118 Å². The van der Waals surface area contributed by atoms with Gasteiger partial charge in [-0.1, -0.05) is 0 Å². The first-order valence-corrected chi connectivity index (χ1v) is 6.39.